The zero-order chi connectivity index (χ0) is 23.4. The lowest BCUT2D eigenvalue weighted by Gasteiger charge is -2.59. The van der Waals surface area contributed by atoms with E-state index in [2.05, 4.69) is 6.92 Å². The van der Waals surface area contributed by atoms with Crippen molar-refractivity contribution in [3.05, 3.63) is 23.8 Å². The molecule has 0 aliphatic heterocycles. The molecule has 0 radical (unpaired) electrons. The first kappa shape index (κ1) is 24.2. The molecule has 4 rings (SSSR count). The molecule has 0 unspecified atom stereocenters. The zero-order valence-corrected chi connectivity index (χ0v) is 18.4. The van der Waals surface area contributed by atoms with Crippen molar-refractivity contribution in [2.45, 2.75) is 57.7 Å². The zero-order valence-electron chi connectivity index (χ0n) is 17.6. The van der Waals surface area contributed by atoms with Gasteiger partial charge in [0.1, 0.15) is 12.2 Å². The van der Waals surface area contributed by atoms with Crippen molar-refractivity contribution in [2.75, 3.05) is 6.61 Å². The molecule has 0 saturated heterocycles. The molecule has 5 N–H and O–H groups in total. The second-order valence-electron chi connectivity index (χ2n) is 9.64. The van der Waals surface area contributed by atoms with Gasteiger partial charge in [0, 0.05) is 16.7 Å². The lowest BCUT2D eigenvalue weighted by Crippen LogP contribution is -2.61. The fourth-order valence-electron chi connectivity index (χ4n) is 6.92. The van der Waals surface area contributed by atoms with Gasteiger partial charge in [-0.25, -0.2) is 0 Å². The van der Waals surface area contributed by atoms with Crippen LogP contribution in [0, 0.1) is 28.6 Å². The van der Waals surface area contributed by atoms with Crippen LogP contribution in [0.2, 0.25) is 0 Å². The molecule has 174 valence electrons. The van der Waals surface area contributed by atoms with E-state index in [4.69, 9.17) is 17.5 Å². The molecule has 3 fully saturated rings. The summed E-state index contributed by atoms with van der Waals surface area (Å²) in [6.07, 6.45) is 7.68. The molecule has 0 amide bonds. The molecule has 0 bridgehead atoms. The molecule has 0 aromatic carbocycles. The molecule has 4 aliphatic rings. The van der Waals surface area contributed by atoms with Crippen molar-refractivity contribution < 1.29 is 42.4 Å². The smallest absolute Gasteiger partial charge is 0.393 e. The number of aliphatic hydroxyl groups is 3. The third-order valence-electron chi connectivity index (χ3n) is 8.25. The predicted octanol–water partition coefficient (Wildman–Crippen LogP) is 0.905. The van der Waals surface area contributed by atoms with E-state index in [1.165, 1.54) is 0 Å². The quantitative estimate of drug-likeness (QED) is 0.377. The Balaban J connectivity index is 0.000000491. The van der Waals surface area contributed by atoms with Gasteiger partial charge in [-0.2, -0.15) is 8.42 Å². The van der Waals surface area contributed by atoms with Crippen molar-refractivity contribution in [2.24, 2.45) is 28.6 Å². The Morgan fingerprint density at radius 2 is 1.84 bits per heavy atom. The highest BCUT2D eigenvalue weighted by Crippen LogP contribution is 2.67. The fourth-order valence-corrected chi connectivity index (χ4v) is 6.92. The Morgan fingerprint density at radius 3 is 2.42 bits per heavy atom. The monoisotopic (exact) mass is 458 g/mol. The molecule has 10 heteroatoms. The largest absolute Gasteiger partial charge is 0.394 e. The van der Waals surface area contributed by atoms with Crippen LogP contribution in [0.1, 0.15) is 46.0 Å². The number of carbonyl (C=O) groups is 2. The first-order chi connectivity index (χ1) is 14.2. The maximum atomic E-state index is 12.4. The topological polar surface area (TPSA) is 169 Å². The molecule has 9 nitrogen and oxygen atoms in total. The number of ketones is 2. The van der Waals surface area contributed by atoms with Crippen LogP contribution in [0.5, 0.6) is 0 Å². The molecule has 0 heterocycles. The normalized spacial score (nSPS) is 43.7. The third kappa shape index (κ3) is 3.94. The lowest BCUT2D eigenvalue weighted by atomic mass is 9.46. The molecule has 3 saturated carbocycles. The highest BCUT2D eigenvalue weighted by Gasteiger charge is 2.67. The Morgan fingerprint density at radius 1 is 1.23 bits per heavy atom. The maximum Gasteiger partial charge on any atom is 0.394 e. The molecule has 31 heavy (non-hydrogen) atoms. The minimum absolute atomic E-state index is 0.00912. The highest BCUT2D eigenvalue weighted by atomic mass is 32.3. The van der Waals surface area contributed by atoms with Gasteiger partial charge in [0.25, 0.3) is 0 Å². The van der Waals surface area contributed by atoms with Crippen molar-refractivity contribution in [3.63, 3.8) is 0 Å². The van der Waals surface area contributed by atoms with Gasteiger partial charge in [-0.05, 0) is 56.1 Å². The van der Waals surface area contributed by atoms with Gasteiger partial charge in [0.05, 0.1) is 6.10 Å². The summed E-state index contributed by atoms with van der Waals surface area (Å²) in [7, 11) is -4.67. The van der Waals surface area contributed by atoms with E-state index in [1.807, 2.05) is 13.0 Å². The van der Waals surface area contributed by atoms with Gasteiger partial charge >= 0.3 is 10.4 Å². The van der Waals surface area contributed by atoms with E-state index in [1.54, 1.807) is 12.2 Å². The standard InChI is InChI=1S/C21H28O5.H2O4S/c1-19-7-5-13(23)9-12(19)3-4-14-15-6-8-21(26,17(25)11-22)20(15,2)10-16(24)18(14)19;1-5(2,3)4/h5,7,9,14-16,18,22,24,26H,3-4,6,8,10-11H2,1-2H3;(H2,1,2,3,4)/t14-,15-,16-,18+,19-,20-,21-;/m0./s1. The lowest BCUT2D eigenvalue weighted by molar-refractivity contribution is -0.178. The van der Waals surface area contributed by atoms with Crippen LogP contribution < -0.4 is 0 Å². The minimum atomic E-state index is -4.67. The molecule has 0 spiro atoms. The number of aliphatic hydroxyl groups excluding tert-OH is 2. The van der Waals surface area contributed by atoms with E-state index in [-0.39, 0.29) is 29.0 Å². The first-order valence-electron chi connectivity index (χ1n) is 10.4. The van der Waals surface area contributed by atoms with Crippen LogP contribution in [-0.2, 0) is 20.0 Å². The van der Waals surface area contributed by atoms with Gasteiger partial charge < -0.3 is 15.3 Å². The average Bonchev–Trinajstić information content (AvgIpc) is 2.91. The summed E-state index contributed by atoms with van der Waals surface area (Å²) in [5, 5.41) is 31.7. The van der Waals surface area contributed by atoms with Gasteiger partial charge in [0.15, 0.2) is 11.6 Å². The van der Waals surface area contributed by atoms with E-state index >= 15 is 0 Å². The van der Waals surface area contributed by atoms with E-state index in [9.17, 15) is 24.9 Å². The summed E-state index contributed by atoms with van der Waals surface area (Å²) < 4.78 is 31.6. The van der Waals surface area contributed by atoms with Crippen LogP contribution in [-0.4, -0.2) is 62.7 Å². The van der Waals surface area contributed by atoms with E-state index in [0.29, 0.717) is 12.8 Å². The summed E-state index contributed by atoms with van der Waals surface area (Å²) in [6.45, 7) is 3.34. The predicted molar refractivity (Wildman–Crippen MR) is 109 cm³/mol. The number of hydrogen-bond acceptors (Lipinski definition) is 7. The van der Waals surface area contributed by atoms with Crippen molar-refractivity contribution in [1.29, 1.82) is 0 Å². The summed E-state index contributed by atoms with van der Waals surface area (Å²) >= 11 is 0. The Hall–Kier alpha value is -1.43. The second-order valence-corrected chi connectivity index (χ2v) is 10.5. The Kier molecular flexibility index (Phi) is 6.14. The molecular formula is C21H30O9S. The maximum absolute atomic E-state index is 12.4. The van der Waals surface area contributed by atoms with Crippen molar-refractivity contribution in [1.82, 2.24) is 0 Å². The van der Waals surface area contributed by atoms with Crippen LogP contribution in [0.4, 0.5) is 0 Å². The molecular weight excluding hydrogens is 428 g/mol. The molecule has 0 aromatic heterocycles. The summed E-state index contributed by atoms with van der Waals surface area (Å²) in [6, 6.07) is 0. The minimum Gasteiger partial charge on any atom is -0.393 e. The van der Waals surface area contributed by atoms with Crippen molar-refractivity contribution >= 4 is 22.0 Å². The summed E-state index contributed by atoms with van der Waals surface area (Å²) in [5.74, 6) is -0.227. The van der Waals surface area contributed by atoms with Crippen LogP contribution in [0.25, 0.3) is 0 Å². The van der Waals surface area contributed by atoms with Crippen LogP contribution in [0.15, 0.2) is 23.8 Å². The molecule has 7 atom stereocenters. The Bertz CT molecular complexity index is 930. The Labute approximate surface area is 181 Å². The molecule has 0 aromatic rings. The van der Waals surface area contributed by atoms with Gasteiger partial charge in [-0.15, -0.1) is 0 Å². The third-order valence-corrected chi connectivity index (χ3v) is 8.25. The highest BCUT2D eigenvalue weighted by molar-refractivity contribution is 7.79. The number of carbonyl (C=O) groups excluding carboxylic acids is 2. The summed E-state index contributed by atoms with van der Waals surface area (Å²) in [4.78, 5) is 24.2. The average molecular weight is 459 g/mol. The number of rotatable bonds is 2. The van der Waals surface area contributed by atoms with Crippen molar-refractivity contribution in [3.8, 4) is 0 Å². The summed E-state index contributed by atoms with van der Waals surface area (Å²) in [5.41, 5.74) is -1.54. The first-order valence-corrected chi connectivity index (χ1v) is 11.8. The number of allylic oxidation sites excluding steroid dienone is 4. The van der Waals surface area contributed by atoms with E-state index < -0.39 is 39.9 Å². The molecule has 4 aliphatic carbocycles. The van der Waals surface area contributed by atoms with Crippen LogP contribution >= 0.6 is 0 Å². The SMILES string of the molecule is C[C@]12C=CC(=O)C=C1CC[C@@H]1[C@@H]2[C@@H](O)C[C@@]2(C)[C@H]1CC[C@]2(O)C(=O)CO.O=S(=O)(O)O. The fraction of sp³-hybridized carbons (Fsp3) is 0.714. The number of hydrogen-bond donors (Lipinski definition) is 5. The van der Waals surface area contributed by atoms with Gasteiger partial charge in [0.2, 0.25) is 0 Å². The van der Waals surface area contributed by atoms with E-state index in [0.717, 1.165) is 24.8 Å². The van der Waals surface area contributed by atoms with Gasteiger partial charge in [-0.3, -0.25) is 18.7 Å². The number of fused-ring (bicyclic) bond motifs is 5. The van der Waals surface area contributed by atoms with Crippen LogP contribution in [0.3, 0.4) is 0 Å². The second kappa shape index (κ2) is 7.86. The van der Waals surface area contributed by atoms with Gasteiger partial charge in [-0.1, -0.05) is 25.5 Å². The number of Topliss-reactive ketones (excluding diaryl/α,β-unsaturated/α-hetero) is 1.